The molecular formula is C15H10Cl2FN3O. The second-order valence-corrected chi connectivity index (χ2v) is 5.64. The summed E-state index contributed by atoms with van der Waals surface area (Å²) >= 11 is 11.7. The van der Waals surface area contributed by atoms with Crippen molar-refractivity contribution in [1.29, 1.82) is 0 Å². The van der Waals surface area contributed by atoms with Crippen LogP contribution < -0.4 is 0 Å². The van der Waals surface area contributed by atoms with Crippen LogP contribution in [0.25, 0.3) is 0 Å². The lowest BCUT2D eigenvalue weighted by Crippen LogP contribution is -2.09. The van der Waals surface area contributed by atoms with Crippen LogP contribution in [-0.2, 0) is 12.8 Å². The highest BCUT2D eigenvalue weighted by molar-refractivity contribution is 6.66. The maximum absolute atomic E-state index is 13.2. The van der Waals surface area contributed by atoms with E-state index in [1.807, 2.05) is 0 Å². The molecule has 0 bridgehead atoms. The van der Waals surface area contributed by atoms with Crippen LogP contribution in [0.4, 0.5) is 10.2 Å². The molecule has 1 aromatic carbocycles. The van der Waals surface area contributed by atoms with Gasteiger partial charge < -0.3 is 5.21 Å². The second-order valence-electron chi connectivity index (χ2n) is 4.80. The molecule has 0 spiro atoms. The topological polar surface area (TPSA) is 57.8 Å². The van der Waals surface area contributed by atoms with E-state index in [9.17, 15) is 9.60 Å². The number of fused-ring (bicyclic) bond motifs is 1. The largest absolute Gasteiger partial charge is 0.411 e. The fourth-order valence-electron chi connectivity index (χ4n) is 2.35. The second kappa shape index (κ2) is 6.02. The molecule has 0 unspecified atom stereocenters. The first kappa shape index (κ1) is 14.9. The molecule has 112 valence electrons. The smallest absolute Gasteiger partial charge is 0.157 e. The van der Waals surface area contributed by atoms with Gasteiger partial charge in [0.1, 0.15) is 11.0 Å². The zero-order valence-electron chi connectivity index (χ0n) is 11.2. The third kappa shape index (κ3) is 2.82. The van der Waals surface area contributed by atoms with Gasteiger partial charge in [0.2, 0.25) is 0 Å². The van der Waals surface area contributed by atoms with Crippen molar-refractivity contribution >= 4 is 39.9 Å². The van der Waals surface area contributed by atoms with Gasteiger partial charge in [0.05, 0.1) is 10.7 Å². The summed E-state index contributed by atoms with van der Waals surface area (Å²) in [6.07, 6.45) is 2.32. The summed E-state index contributed by atoms with van der Waals surface area (Å²) in [5.74, 6) is 0.0404. The Bertz CT molecular complexity index is 805. The van der Waals surface area contributed by atoms with Crippen LogP contribution in [0.5, 0.6) is 0 Å². The average molecular weight is 338 g/mol. The Hall–Kier alpha value is -1.98. The van der Waals surface area contributed by atoms with Gasteiger partial charge in [-0.25, -0.2) is 14.4 Å². The first-order valence-electron chi connectivity index (χ1n) is 6.44. The number of pyridine rings is 1. The Morgan fingerprint density at radius 3 is 2.86 bits per heavy atom. The molecule has 4 nitrogen and oxygen atoms in total. The molecule has 0 fully saturated rings. The number of aromatic nitrogens is 1. The molecule has 1 aromatic heterocycles. The van der Waals surface area contributed by atoms with E-state index < -0.39 is 5.82 Å². The monoisotopic (exact) mass is 337 g/mol. The van der Waals surface area contributed by atoms with E-state index >= 15 is 0 Å². The lowest BCUT2D eigenvalue weighted by atomic mass is 9.98. The van der Waals surface area contributed by atoms with Crippen LogP contribution in [0.15, 0.2) is 40.6 Å². The van der Waals surface area contributed by atoms with Gasteiger partial charge in [-0.3, -0.25) is 0 Å². The highest BCUT2D eigenvalue weighted by Crippen LogP contribution is 2.29. The maximum Gasteiger partial charge on any atom is 0.157 e. The van der Waals surface area contributed by atoms with Crippen LogP contribution in [0.2, 0.25) is 5.02 Å². The van der Waals surface area contributed by atoms with Crippen molar-refractivity contribution in [1.82, 2.24) is 4.98 Å². The Balaban J connectivity index is 1.94. The number of hydrogen-bond donors (Lipinski definition) is 1. The van der Waals surface area contributed by atoms with Crippen LogP contribution in [-0.4, -0.2) is 21.1 Å². The molecule has 0 saturated carbocycles. The molecule has 22 heavy (non-hydrogen) atoms. The third-order valence-electron chi connectivity index (χ3n) is 3.37. The minimum atomic E-state index is -0.488. The Kier molecular flexibility index (Phi) is 4.09. The standard InChI is InChI=1S/C15H10Cl2FN3O/c16-11-5-8(1-2-12(11)18)6-13(21-22)9-3-4-19-15-10(9)7-14(17)20-15/h1-5,22H,6-7H2/b21-13+. The van der Waals surface area contributed by atoms with Crippen molar-refractivity contribution in [2.45, 2.75) is 12.8 Å². The first-order chi connectivity index (χ1) is 10.6. The average Bonchev–Trinajstić information content (AvgIpc) is 2.88. The highest BCUT2D eigenvalue weighted by atomic mass is 35.5. The molecule has 2 heterocycles. The molecular weight excluding hydrogens is 328 g/mol. The normalized spacial score (nSPS) is 14.0. The van der Waals surface area contributed by atoms with E-state index in [4.69, 9.17) is 23.2 Å². The van der Waals surface area contributed by atoms with Crippen LogP contribution >= 0.6 is 23.2 Å². The number of halogens is 3. The Morgan fingerprint density at radius 1 is 1.32 bits per heavy atom. The Morgan fingerprint density at radius 2 is 2.14 bits per heavy atom. The van der Waals surface area contributed by atoms with E-state index in [0.29, 0.717) is 35.1 Å². The summed E-state index contributed by atoms with van der Waals surface area (Å²) < 4.78 is 13.2. The van der Waals surface area contributed by atoms with E-state index in [1.54, 1.807) is 18.3 Å². The molecule has 7 heteroatoms. The molecule has 0 aliphatic carbocycles. The molecule has 1 aliphatic rings. The van der Waals surface area contributed by atoms with Gasteiger partial charge in [-0.1, -0.05) is 34.4 Å². The zero-order valence-corrected chi connectivity index (χ0v) is 12.7. The summed E-state index contributed by atoms with van der Waals surface area (Å²) in [6, 6.07) is 6.12. The van der Waals surface area contributed by atoms with Gasteiger partial charge in [-0.05, 0) is 23.8 Å². The first-order valence-corrected chi connectivity index (χ1v) is 7.20. The number of benzene rings is 1. The van der Waals surface area contributed by atoms with E-state index in [2.05, 4.69) is 15.1 Å². The van der Waals surface area contributed by atoms with Crippen molar-refractivity contribution < 1.29 is 9.60 Å². The third-order valence-corrected chi connectivity index (χ3v) is 3.88. The van der Waals surface area contributed by atoms with E-state index in [0.717, 1.165) is 11.1 Å². The number of aliphatic imine (C=N–C) groups is 1. The van der Waals surface area contributed by atoms with Gasteiger partial charge >= 0.3 is 0 Å². The van der Waals surface area contributed by atoms with Gasteiger partial charge in [-0.2, -0.15) is 0 Å². The summed E-state index contributed by atoms with van der Waals surface area (Å²) in [4.78, 5) is 8.27. The summed E-state index contributed by atoms with van der Waals surface area (Å²) in [7, 11) is 0. The number of nitrogens with zero attached hydrogens (tertiary/aromatic N) is 3. The van der Waals surface area contributed by atoms with Crippen LogP contribution in [0, 0.1) is 5.82 Å². The molecule has 0 amide bonds. The Labute approximate surface area is 135 Å². The van der Waals surface area contributed by atoms with Gasteiger partial charge in [0.15, 0.2) is 5.82 Å². The molecule has 1 N–H and O–H groups in total. The number of oxime groups is 1. The van der Waals surface area contributed by atoms with Crippen molar-refractivity contribution in [2.75, 3.05) is 0 Å². The quantitative estimate of drug-likeness (QED) is 0.520. The van der Waals surface area contributed by atoms with Crippen molar-refractivity contribution in [3.05, 3.63) is 58.0 Å². The van der Waals surface area contributed by atoms with Gasteiger partial charge in [0.25, 0.3) is 0 Å². The molecule has 0 atom stereocenters. The molecule has 0 radical (unpaired) electrons. The van der Waals surface area contributed by atoms with E-state index in [1.165, 1.54) is 12.1 Å². The fourth-order valence-corrected chi connectivity index (χ4v) is 2.77. The van der Waals surface area contributed by atoms with Crippen LogP contribution in [0.1, 0.15) is 16.7 Å². The zero-order chi connectivity index (χ0) is 15.7. The summed E-state index contributed by atoms with van der Waals surface area (Å²) in [6.45, 7) is 0. The van der Waals surface area contributed by atoms with E-state index in [-0.39, 0.29) is 5.02 Å². The number of hydrogen-bond acceptors (Lipinski definition) is 4. The molecule has 2 aromatic rings. The SMILES string of the molecule is O/N=C(\Cc1ccc(F)c(Cl)c1)c1ccnc2c1CC(Cl)=N2. The predicted octanol–water partition coefficient (Wildman–Crippen LogP) is 4.12. The lowest BCUT2D eigenvalue weighted by molar-refractivity contribution is 0.318. The van der Waals surface area contributed by atoms with Gasteiger partial charge in [0, 0.05) is 30.2 Å². The summed E-state index contributed by atoms with van der Waals surface area (Å²) in [5, 5.41) is 13.2. The minimum Gasteiger partial charge on any atom is -0.411 e. The van der Waals surface area contributed by atoms with Gasteiger partial charge in [-0.15, -0.1) is 0 Å². The molecule has 3 rings (SSSR count). The summed E-state index contributed by atoms with van der Waals surface area (Å²) in [5.41, 5.74) is 2.68. The minimum absolute atomic E-state index is 0.0288. The van der Waals surface area contributed by atoms with Crippen molar-refractivity contribution in [3.63, 3.8) is 0 Å². The van der Waals surface area contributed by atoms with Crippen molar-refractivity contribution in [2.24, 2.45) is 10.1 Å². The predicted molar refractivity (Wildman–Crippen MR) is 84.3 cm³/mol. The van der Waals surface area contributed by atoms with Crippen LogP contribution in [0.3, 0.4) is 0 Å². The lowest BCUT2D eigenvalue weighted by Gasteiger charge is -2.09. The molecule has 1 aliphatic heterocycles. The van der Waals surface area contributed by atoms with Crippen molar-refractivity contribution in [3.8, 4) is 0 Å². The maximum atomic E-state index is 13.2. The molecule has 0 saturated heterocycles. The highest BCUT2D eigenvalue weighted by Gasteiger charge is 2.21. The fraction of sp³-hybridized carbons (Fsp3) is 0.133. The number of rotatable bonds is 3.